The molecule has 6 aromatic rings. The number of nitrogen functional groups attached to an aromatic ring is 2. The third-order valence-electron chi connectivity index (χ3n) is 9.46. The number of hydrogen-bond donors (Lipinski definition) is 4. The molecule has 51 heavy (non-hydrogen) atoms. The number of anilines is 4. The lowest BCUT2D eigenvalue weighted by molar-refractivity contribution is -0.127. The van der Waals surface area contributed by atoms with Gasteiger partial charge in [0.15, 0.2) is 17.5 Å². The van der Waals surface area contributed by atoms with Crippen molar-refractivity contribution in [3.8, 4) is 11.4 Å². The molecule has 4 saturated heterocycles. The van der Waals surface area contributed by atoms with Gasteiger partial charge in [0, 0.05) is 55.5 Å². The fourth-order valence-corrected chi connectivity index (χ4v) is 6.83. The topological polar surface area (TPSA) is 178 Å². The van der Waals surface area contributed by atoms with Crippen molar-refractivity contribution >= 4 is 58.2 Å². The van der Waals surface area contributed by atoms with Crippen LogP contribution < -0.4 is 26.7 Å². The SMILES string of the molecule is C.Clc1nc(N2CC3(COC3)C2)c2cccn2n1.Nc1ccc(-c2nc(N3CC4(COC4)C3)c3cccn3n2)cc1.Nc1ccc(B(O)O)cc1. The Kier molecular flexibility index (Phi) is 9.24. The van der Waals surface area contributed by atoms with Crippen LogP contribution >= 0.6 is 11.6 Å². The second-order valence-corrected chi connectivity index (χ2v) is 13.8. The molecular formula is C35H40BClN10O4. The van der Waals surface area contributed by atoms with Gasteiger partial charge in [0.1, 0.15) is 11.0 Å². The van der Waals surface area contributed by atoms with Crippen molar-refractivity contribution in [3.63, 3.8) is 0 Å². The molecule has 8 heterocycles. The molecule has 264 valence electrons. The van der Waals surface area contributed by atoms with E-state index in [1.165, 1.54) is 0 Å². The Bertz CT molecular complexity index is 2120. The maximum absolute atomic E-state index is 8.63. The number of aromatic nitrogens is 6. The molecule has 0 saturated carbocycles. The van der Waals surface area contributed by atoms with Crippen molar-refractivity contribution in [2.24, 2.45) is 10.8 Å². The number of hydrogen-bond acceptors (Lipinski definition) is 12. The Morgan fingerprint density at radius 1 is 0.667 bits per heavy atom. The predicted molar refractivity (Wildman–Crippen MR) is 199 cm³/mol. The fraction of sp³-hybridized carbons (Fsp3) is 0.314. The highest BCUT2D eigenvalue weighted by Crippen LogP contribution is 2.42. The summed E-state index contributed by atoms with van der Waals surface area (Å²) >= 11 is 5.93. The highest BCUT2D eigenvalue weighted by atomic mass is 35.5. The zero-order chi connectivity index (χ0) is 34.5. The number of nitrogens with two attached hydrogens (primary N) is 2. The van der Waals surface area contributed by atoms with Crippen LogP contribution in [0.4, 0.5) is 23.0 Å². The Morgan fingerprint density at radius 2 is 1.14 bits per heavy atom. The summed E-state index contributed by atoms with van der Waals surface area (Å²) in [5.41, 5.74) is 16.7. The second kappa shape index (κ2) is 13.7. The summed E-state index contributed by atoms with van der Waals surface area (Å²) in [6.45, 7) is 7.51. The lowest BCUT2D eigenvalue weighted by atomic mass is 9.78. The average molecular weight is 711 g/mol. The minimum Gasteiger partial charge on any atom is -0.423 e. The maximum Gasteiger partial charge on any atom is 0.488 e. The number of rotatable bonds is 4. The average Bonchev–Trinajstić information content (AvgIpc) is 3.69. The molecule has 10 rings (SSSR count). The van der Waals surface area contributed by atoms with E-state index in [2.05, 4.69) is 31.0 Å². The van der Waals surface area contributed by atoms with Crippen molar-refractivity contribution in [2.45, 2.75) is 7.43 Å². The van der Waals surface area contributed by atoms with E-state index in [0.717, 1.165) is 92.4 Å². The molecule has 0 bridgehead atoms. The Balaban J connectivity index is 0.000000128. The van der Waals surface area contributed by atoms with Gasteiger partial charge in [0.05, 0.1) is 37.3 Å². The summed E-state index contributed by atoms with van der Waals surface area (Å²) < 4.78 is 14.3. The zero-order valence-corrected chi connectivity index (χ0v) is 27.9. The molecule has 4 fully saturated rings. The molecule has 6 N–H and O–H groups in total. The molecular weight excluding hydrogens is 671 g/mol. The molecule has 14 nitrogen and oxygen atoms in total. The van der Waals surface area contributed by atoms with E-state index in [-0.39, 0.29) is 12.7 Å². The molecule has 4 aliphatic rings. The van der Waals surface area contributed by atoms with Gasteiger partial charge in [0.25, 0.3) is 0 Å². The number of halogens is 1. The molecule has 0 unspecified atom stereocenters. The van der Waals surface area contributed by atoms with Gasteiger partial charge in [0.2, 0.25) is 5.28 Å². The van der Waals surface area contributed by atoms with E-state index in [4.69, 9.17) is 47.6 Å². The molecule has 2 spiro atoms. The van der Waals surface area contributed by atoms with E-state index in [9.17, 15) is 0 Å². The van der Waals surface area contributed by atoms with Crippen molar-refractivity contribution < 1.29 is 19.5 Å². The van der Waals surface area contributed by atoms with Crippen LogP contribution in [0.25, 0.3) is 22.4 Å². The molecule has 0 aliphatic carbocycles. The standard InChI is InChI=1S/C17H17N5O.C11H11ClN4O.C6H8BNO2.CH4/c18-13-5-3-12(4-6-13)15-19-16(14-2-1-7-22(14)20-15)21-8-17(9-21)10-23-11-17;12-10-13-9(8-2-1-3-16(8)14-10)15-4-11(5-15)6-17-7-11;8-6-3-1-5(2-4-6)7(9)10;/h1-7H,8-11,18H2;1-3H,4-7H2;1-4,9-10H,8H2;1H4. The zero-order valence-electron chi connectivity index (χ0n) is 27.1. The van der Waals surface area contributed by atoms with Crippen molar-refractivity contribution in [1.29, 1.82) is 0 Å². The van der Waals surface area contributed by atoms with Gasteiger partial charge in [-0.05, 0) is 77.7 Å². The molecule has 16 heteroatoms. The van der Waals surface area contributed by atoms with Gasteiger partial charge in [-0.3, -0.25) is 0 Å². The van der Waals surface area contributed by atoms with Gasteiger partial charge < -0.3 is 40.8 Å². The number of nitrogens with zero attached hydrogens (tertiary/aromatic N) is 8. The third-order valence-corrected chi connectivity index (χ3v) is 9.62. The molecule has 0 atom stereocenters. The smallest absolute Gasteiger partial charge is 0.423 e. The first-order valence-electron chi connectivity index (χ1n) is 16.3. The van der Waals surface area contributed by atoms with Gasteiger partial charge in [-0.25, -0.2) is 14.0 Å². The van der Waals surface area contributed by atoms with Gasteiger partial charge in [-0.2, -0.15) is 4.98 Å². The van der Waals surface area contributed by atoms with Crippen LogP contribution in [0.3, 0.4) is 0 Å². The normalized spacial score (nSPS) is 17.5. The summed E-state index contributed by atoms with van der Waals surface area (Å²) in [7, 11) is -1.40. The van der Waals surface area contributed by atoms with Gasteiger partial charge >= 0.3 is 7.12 Å². The fourth-order valence-electron chi connectivity index (χ4n) is 6.67. The molecule has 4 aromatic heterocycles. The minimum absolute atomic E-state index is 0. The first-order chi connectivity index (χ1) is 24.2. The quantitative estimate of drug-likeness (QED) is 0.156. The second-order valence-electron chi connectivity index (χ2n) is 13.5. The van der Waals surface area contributed by atoms with E-state index in [1.54, 1.807) is 28.8 Å². The predicted octanol–water partition coefficient (Wildman–Crippen LogP) is 2.62. The largest absolute Gasteiger partial charge is 0.488 e. The van der Waals surface area contributed by atoms with Crippen molar-refractivity contribution in [3.05, 3.63) is 90.5 Å². The van der Waals surface area contributed by atoms with Crippen molar-refractivity contribution in [1.82, 2.24) is 29.2 Å². The van der Waals surface area contributed by atoms with E-state index >= 15 is 0 Å². The van der Waals surface area contributed by atoms with E-state index < -0.39 is 7.12 Å². The van der Waals surface area contributed by atoms with Crippen LogP contribution in [0, 0.1) is 10.8 Å². The highest BCUT2D eigenvalue weighted by Gasteiger charge is 2.50. The number of fused-ring (bicyclic) bond motifs is 2. The number of benzene rings is 2. The Hall–Kier alpha value is -4.93. The van der Waals surface area contributed by atoms with Crippen LogP contribution in [0.5, 0.6) is 0 Å². The summed E-state index contributed by atoms with van der Waals surface area (Å²) in [4.78, 5) is 13.7. The summed E-state index contributed by atoms with van der Waals surface area (Å²) in [5.74, 6) is 2.64. The van der Waals surface area contributed by atoms with Gasteiger partial charge in [-0.15, -0.1) is 10.2 Å². The Morgan fingerprint density at radius 3 is 1.61 bits per heavy atom. The lowest BCUT2D eigenvalue weighted by Gasteiger charge is -2.55. The van der Waals surface area contributed by atoms with Crippen molar-refractivity contribution in [2.75, 3.05) is 73.9 Å². The lowest BCUT2D eigenvalue weighted by Crippen LogP contribution is -2.66. The van der Waals surface area contributed by atoms with E-state index in [1.807, 2.05) is 59.4 Å². The van der Waals surface area contributed by atoms with Crippen LogP contribution in [-0.4, -0.2) is 99.0 Å². The number of ether oxygens (including phenoxy) is 2. The van der Waals surface area contributed by atoms with E-state index in [0.29, 0.717) is 22.0 Å². The highest BCUT2D eigenvalue weighted by molar-refractivity contribution is 6.58. The van der Waals surface area contributed by atoms with Gasteiger partial charge in [-0.1, -0.05) is 19.6 Å². The summed E-state index contributed by atoms with van der Waals surface area (Å²) in [6.07, 6.45) is 3.84. The molecule has 0 amide bonds. The summed E-state index contributed by atoms with van der Waals surface area (Å²) in [5, 5.41) is 26.3. The monoisotopic (exact) mass is 710 g/mol. The third kappa shape index (κ3) is 6.78. The van der Waals surface area contributed by atoms with Crippen LogP contribution in [0.15, 0.2) is 85.2 Å². The maximum atomic E-state index is 8.63. The Labute approximate surface area is 300 Å². The molecule has 0 radical (unpaired) electrons. The summed E-state index contributed by atoms with van der Waals surface area (Å²) in [6, 6.07) is 22.1. The van der Waals surface area contributed by atoms with Crippen LogP contribution in [0.2, 0.25) is 5.28 Å². The van der Waals surface area contributed by atoms with Crippen LogP contribution in [-0.2, 0) is 9.47 Å². The minimum atomic E-state index is -1.40. The van der Waals surface area contributed by atoms with Crippen LogP contribution in [0.1, 0.15) is 7.43 Å². The molecule has 4 aliphatic heterocycles. The molecule has 2 aromatic carbocycles. The first-order valence-corrected chi connectivity index (χ1v) is 16.7. The first kappa shape index (κ1) is 34.5.